The molecule has 2 aromatic rings. The summed E-state index contributed by atoms with van der Waals surface area (Å²) in [6.07, 6.45) is 2.73. The molecule has 1 heterocycles. The van der Waals surface area contributed by atoms with E-state index in [1.807, 2.05) is 6.92 Å². The van der Waals surface area contributed by atoms with Crippen LogP contribution in [-0.2, 0) is 14.3 Å². The number of benzene rings is 2. The lowest BCUT2D eigenvalue weighted by atomic mass is 10.1. The fraction of sp³-hybridized carbons (Fsp3) is 0.176. The molecule has 24 heavy (non-hydrogen) atoms. The molecule has 0 saturated carbocycles. The monoisotopic (exact) mass is 412 g/mol. The molecule has 4 nitrogen and oxygen atoms in total. The van der Waals surface area contributed by atoms with E-state index in [9.17, 15) is 12.8 Å². The molecule has 0 bridgehead atoms. The molecule has 0 radical (unpaired) electrons. The van der Waals surface area contributed by atoms with Gasteiger partial charge >= 0.3 is 0 Å². The van der Waals surface area contributed by atoms with Crippen molar-refractivity contribution in [1.82, 2.24) is 0 Å². The van der Waals surface area contributed by atoms with Gasteiger partial charge in [0.25, 0.3) is 10.1 Å². The van der Waals surface area contributed by atoms with Gasteiger partial charge in [0.05, 0.1) is 9.37 Å². The third kappa shape index (κ3) is 3.68. The fourth-order valence-corrected chi connectivity index (χ4v) is 3.71. The van der Waals surface area contributed by atoms with Crippen LogP contribution in [0.4, 0.5) is 4.39 Å². The van der Waals surface area contributed by atoms with E-state index in [-0.39, 0.29) is 17.3 Å². The van der Waals surface area contributed by atoms with E-state index in [1.54, 1.807) is 24.3 Å². The highest BCUT2D eigenvalue weighted by molar-refractivity contribution is 9.10. The molecule has 0 N–H and O–H groups in total. The van der Waals surface area contributed by atoms with E-state index in [0.717, 1.165) is 5.56 Å². The molecule has 1 aliphatic rings. The van der Waals surface area contributed by atoms with Gasteiger partial charge < -0.3 is 4.74 Å². The summed E-state index contributed by atoms with van der Waals surface area (Å²) in [5.41, 5.74) is 1.54. The summed E-state index contributed by atoms with van der Waals surface area (Å²) in [7, 11) is -3.86. The minimum Gasteiger partial charge on any atom is -0.482 e. The maximum Gasteiger partial charge on any atom is 0.297 e. The standard InChI is InChI=1S/C17H14BrFO4S/c1-11-2-6-15(7-3-11)24(20,21)22-10-14-5-4-12-8-13(19)9-16(18)17(12)23-14/h2-9,14H,10H2,1H3. The van der Waals surface area contributed by atoms with Crippen molar-refractivity contribution >= 4 is 32.1 Å². The summed E-state index contributed by atoms with van der Waals surface area (Å²) in [4.78, 5) is 0.0940. The van der Waals surface area contributed by atoms with Crippen LogP contribution in [0.15, 0.2) is 51.8 Å². The molecule has 0 saturated heterocycles. The van der Waals surface area contributed by atoms with Gasteiger partial charge in [0.1, 0.15) is 24.3 Å². The number of hydrogen-bond donors (Lipinski definition) is 0. The summed E-state index contributed by atoms with van der Waals surface area (Å²) in [5, 5.41) is 0. The topological polar surface area (TPSA) is 52.6 Å². The Balaban J connectivity index is 1.71. The van der Waals surface area contributed by atoms with Crippen molar-refractivity contribution in [2.45, 2.75) is 17.9 Å². The fourth-order valence-electron chi connectivity index (χ4n) is 2.25. The van der Waals surface area contributed by atoms with Crippen molar-refractivity contribution in [3.05, 3.63) is 63.9 Å². The maximum atomic E-state index is 13.3. The molecule has 7 heteroatoms. The molecule has 0 amide bonds. The van der Waals surface area contributed by atoms with Crippen LogP contribution in [0.5, 0.6) is 5.75 Å². The van der Waals surface area contributed by atoms with Crippen LogP contribution in [0, 0.1) is 12.7 Å². The number of aryl methyl sites for hydroxylation is 1. The van der Waals surface area contributed by atoms with Crippen LogP contribution in [-0.4, -0.2) is 21.1 Å². The van der Waals surface area contributed by atoms with E-state index in [0.29, 0.717) is 15.8 Å². The quantitative estimate of drug-likeness (QED) is 0.709. The molecule has 0 aromatic heterocycles. The zero-order chi connectivity index (χ0) is 17.3. The first kappa shape index (κ1) is 17.1. The van der Waals surface area contributed by atoms with Crippen LogP contribution < -0.4 is 4.74 Å². The predicted molar refractivity (Wildman–Crippen MR) is 91.9 cm³/mol. The predicted octanol–water partition coefficient (Wildman–Crippen LogP) is 4.08. The van der Waals surface area contributed by atoms with E-state index in [2.05, 4.69) is 15.9 Å². The van der Waals surface area contributed by atoms with E-state index < -0.39 is 16.2 Å². The number of ether oxygens (including phenoxy) is 1. The maximum absolute atomic E-state index is 13.3. The first-order valence-electron chi connectivity index (χ1n) is 7.15. The third-order valence-electron chi connectivity index (χ3n) is 3.49. The van der Waals surface area contributed by atoms with Crippen LogP contribution in [0.1, 0.15) is 11.1 Å². The molecule has 2 aromatic carbocycles. The Bertz CT molecular complexity index is 892. The highest BCUT2D eigenvalue weighted by Crippen LogP contribution is 2.35. The summed E-state index contributed by atoms with van der Waals surface area (Å²) in [5.74, 6) is 0.0748. The van der Waals surface area contributed by atoms with Crippen molar-refractivity contribution in [3.63, 3.8) is 0 Å². The summed E-state index contributed by atoms with van der Waals surface area (Å²) in [6.45, 7) is 1.70. The van der Waals surface area contributed by atoms with Crippen LogP contribution in [0.3, 0.4) is 0 Å². The van der Waals surface area contributed by atoms with Crippen LogP contribution in [0.2, 0.25) is 0 Å². The SMILES string of the molecule is Cc1ccc(S(=O)(=O)OCC2C=Cc3cc(F)cc(Br)c3O2)cc1. The smallest absolute Gasteiger partial charge is 0.297 e. The minimum absolute atomic E-state index is 0.0940. The normalized spacial score (nSPS) is 16.5. The second-order valence-electron chi connectivity index (χ2n) is 5.37. The second kappa shape index (κ2) is 6.66. The lowest BCUT2D eigenvalue weighted by Gasteiger charge is -2.22. The summed E-state index contributed by atoms with van der Waals surface area (Å²) < 4.78 is 48.9. The molecule has 0 spiro atoms. The Labute approximate surface area is 148 Å². The zero-order valence-corrected chi connectivity index (χ0v) is 15.1. The van der Waals surface area contributed by atoms with Crippen molar-refractivity contribution in [1.29, 1.82) is 0 Å². The average Bonchev–Trinajstić information content (AvgIpc) is 2.53. The molecule has 0 aliphatic carbocycles. The molecule has 3 rings (SSSR count). The Kier molecular flexibility index (Phi) is 4.76. The second-order valence-corrected chi connectivity index (χ2v) is 7.84. The van der Waals surface area contributed by atoms with Gasteiger partial charge in [-0.05, 0) is 53.2 Å². The number of hydrogen-bond acceptors (Lipinski definition) is 4. The van der Waals surface area contributed by atoms with Crippen molar-refractivity contribution < 1.29 is 21.7 Å². The van der Waals surface area contributed by atoms with Crippen molar-refractivity contribution in [2.24, 2.45) is 0 Å². The van der Waals surface area contributed by atoms with Crippen molar-refractivity contribution in [3.8, 4) is 5.75 Å². The zero-order valence-electron chi connectivity index (χ0n) is 12.7. The summed E-state index contributed by atoms with van der Waals surface area (Å²) >= 11 is 3.24. The van der Waals surface area contributed by atoms with Gasteiger partial charge in [0.2, 0.25) is 0 Å². The van der Waals surface area contributed by atoms with Gasteiger partial charge in [-0.3, -0.25) is 4.18 Å². The number of halogens is 2. The minimum atomic E-state index is -3.86. The van der Waals surface area contributed by atoms with Crippen LogP contribution >= 0.6 is 15.9 Å². The van der Waals surface area contributed by atoms with Gasteiger partial charge in [0, 0.05) is 5.56 Å². The molecule has 1 atom stereocenters. The van der Waals surface area contributed by atoms with Gasteiger partial charge in [-0.25, -0.2) is 4.39 Å². The number of rotatable bonds is 4. The average molecular weight is 413 g/mol. The Morgan fingerprint density at radius 2 is 1.96 bits per heavy atom. The lowest BCUT2D eigenvalue weighted by molar-refractivity contribution is 0.164. The Morgan fingerprint density at radius 3 is 2.67 bits per heavy atom. The molecule has 126 valence electrons. The van der Waals surface area contributed by atoms with Gasteiger partial charge in [0.15, 0.2) is 0 Å². The Hall–Kier alpha value is -1.70. The van der Waals surface area contributed by atoms with Gasteiger partial charge in [-0.2, -0.15) is 8.42 Å². The Morgan fingerprint density at radius 1 is 1.25 bits per heavy atom. The van der Waals surface area contributed by atoms with Gasteiger partial charge in [-0.1, -0.05) is 23.8 Å². The number of fused-ring (bicyclic) bond motifs is 1. The molecule has 1 unspecified atom stereocenters. The summed E-state index contributed by atoms with van der Waals surface area (Å²) in [6, 6.07) is 9.04. The highest BCUT2D eigenvalue weighted by atomic mass is 79.9. The first-order valence-corrected chi connectivity index (χ1v) is 9.35. The van der Waals surface area contributed by atoms with Crippen molar-refractivity contribution in [2.75, 3.05) is 6.61 Å². The van der Waals surface area contributed by atoms with E-state index in [4.69, 9.17) is 8.92 Å². The lowest BCUT2D eigenvalue weighted by Crippen LogP contribution is -2.25. The molecular weight excluding hydrogens is 399 g/mol. The van der Waals surface area contributed by atoms with Gasteiger partial charge in [-0.15, -0.1) is 0 Å². The van der Waals surface area contributed by atoms with E-state index >= 15 is 0 Å². The molecular formula is C17H14BrFO4S. The highest BCUT2D eigenvalue weighted by Gasteiger charge is 2.22. The molecule has 0 fully saturated rings. The third-order valence-corrected chi connectivity index (χ3v) is 5.38. The van der Waals surface area contributed by atoms with Crippen LogP contribution in [0.25, 0.3) is 6.08 Å². The first-order chi connectivity index (χ1) is 11.3. The largest absolute Gasteiger partial charge is 0.482 e. The van der Waals surface area contributed by atoms with E-state index in [1.165, 1.54) is 24.3 Å². The molecule has 1 aliphatic heterocycles.